The fourth-order valence-electron chi connectivity index (χ4n) is 2.97. The molecule has 1 aliphatic heterocycles. The summed E-state index contributed by atoms with van der Waals surface area (Å²) >= 11 is 0. The Morgan fingerprint density at radius 2 is 2.11 bits per heavy atom. The Morgan fingerprint density at radius 1 is 1.32 bits per heavy atom. The molecule has 0 aromatic heterocycles. The third-order valence-electron chi connectivity index (χ3n) is 4.25. The van der Waals surface area contributed by atoms with Gasteiger partial charge in [0.25, 0.3) is 0 Å². The van der Waals surface area contributed by atoms with Gasteiger partial charge in [0.2, 0.25) is 0 Å². The number of anilines is 1. The van der Waals surface area contributed by atoms with E-state index >= 15 is 0 Å². The summed E-state index contributed by atoms with van der Waals surface area (Å²) in [6, 6.07) is 7.13. The van der Waals surface area contributed by atoms with Crippen LogP contribution >= 0.6 is 0 Å². The normalized spacial score (nSPS) is 22.1. The molecular weight excluding hydrogens is 232 g/mol. The fraction of sp³-hybridized carbons (Fsp3) is 0.647. The summed E-state index contributed by atoms with van der Waals surface area (Å²) in [7, 11) is 0. The topological polar surface area (TPSA) is 29.3 Å². The monoisotopic (exact) mass is 260 g/mol. The van der Waals surface area contributed by atoms with Gasteiger partial charge in [0.05, 0.1) is 0 Å². The van der Waals surface area contributed by atoms with Gasteiger partial charge in [-0.2, -0.15) is 0 Å². The number of benzene rings is 1. The van der Waals surface area contributed by atoms with Crippen molar-refractivity contribution < 1.29 is 0 Å². The third kappa shape index (κ3) is 3.97. The molecule has 1 aliphatic rings. The van der Waals surface area contributed by atoms with Gasteiger partial charge in [0, 0.05) is 24.8 Å². The van der Waals surface area contributed by atoms with E-state index in [2.05, 4.69) is 43.9 Å². The Hall–Kier alpha value is -1.02. The van der Waals surface area contributed by atoms with E-state index in [0.29, 0.717) is 0 Å². The molecule has 2 heteroatoms. The molecule has 0 aliphatic carbocycles. The van der Waals surface area contributed by atoms with Crippen molar-refractivity contribution in [2.24, 2.45) is 11.7 Å². The minimum Gasteiger partial charge on any atom is -0.372 e. The third-order valence-corrected chi connectivity index (χ3v) is 4.25. The van der Waals surface area contributed by atoms with Crippen LogP contribution < -0.4 is 10.6 Å². The lowest BCUT2D eigenvalue weighted by molar-refractivity contribution is 0.521. The molecule has 2 unspecified atom stereocenters. The van der Waals surface area contributed by atoms with Crippen molar-refractivity contribution in [3.8, 4) is 0 Å². The number of hydrogen-bond acceptors (Lipinski definition) is 2. The van der Waals surface area contributed by atoms with Gasteiger partial charge in [0.15, 0.2) is 0 Å². The molecule has 0 bridgehead atoms. The molecule has 2 rings (SSSR count). The van der Waals surface area contributed by atoms with Crippen LogP contribution in [-0.2, 0) is 6.42 Å². The van der Waals surface area contributed by atoms with Crippen molar-refractivity contribution in [3.05, 3.63) is 29.3 Å². The van der Waals surface area contributed by atoms with Gasteiger partial charge in [0.1, 0.15) is 0 Å². The Morgan fingerprint density at radius 3 is 2.79 bits per heavy atom. The van der Waals surface area contributed by atoms with E-state index < -0.39 is 0 Å². The molecule has 2 atom stereocenters. The van der Waals surface area contributed by atoms with Gasteiger partial charge in [-0.05, 0) is 68.7 Å². The highest BCUT2D eigenvalue weighted by atomic mass is 15.1. The highest BCUT2D eigenvalue weighted by molar-refractivity contribution is 5.51. The summed E-state index contributed by atoms with van der Waals surface area (Å²) in [5.74, 6) is 0.878. The molecule has 0 amide bonds. The van der Waals surface area contributed by atoms with Crippen LogP contribution in [0.2, 0.25) is 0 Å². The van der Waals surface area contributed by atoms with Crippen molar-refractivity contribution in [1.82, 2.24) is 0 Å². The number of aryl methyl sites for hydroxylation is 1. The summed E-state index contributed by atoms with van der Waals surface area (Å²) in [5.41, 5.74) is 10.1. The van der Waals surface area contributed by atoms with Crippen LogP contribution in [-0.4, -0.2) is 19.1 Å². The van der Waals surface area contributed by atoms with E-state index in [1.165, 1.54) is 49.2 Å². The zero-order valence-electron chi connectivity index (χ0n) is 12.7. The van der Waals surface area contributed by atoms with E-state index in [4.69, 9.17) is 5.73 Å². The van der Waals surface area contributed by atoms with Crippen molar-refractivity contribution in [2.45, 2.75) is 52.5 Å². The number of nitrogens with two attached hydrogens (primary N) is 1. The lowest BCUT2D eigenvalue weighted by Crippen LogP contribution is -2.24. The van der Waals surface area contributed by atoms with Gasteiger partial charge >= 0.3 is 0 Å². The van der Waals surface area contributed by atoms with Crippen LogP contribution in [0.5, 0.6) is 0 Å². The van der Waals surface area contributed by atoms with Gasteiger partial charge < -0.3 is 10.6 Å². The van der Waals surface area contributed by atoms with Crippen molar-refractivity contribution in [3.63, 3.8) is 0 Å². The van der Waals surface area contributed by atoms with Crippen LogP contribution in [0.3, 0.4) is 0 Å². The molecular formula is C17H28N2. The van der Waals surface area contributed by atoms with Crippen LogP contribution in [0.25, 0.3) is 0 Å². The molecule has 2 nitrogen and oxygen atoms in total. The molecule has 19 heavy (non-hydrogen) atoms. The SMILES string of the molecule is Cc1cc(N2CCCC(C)CC2)ccc1CC(C)N. The molecule has 0 radical (unpaired) electrons. The molecule has 1 saturated heterocycles. The zero-order chi connectivity index (χ0) is 13.8. The van der Waals surface area contributed by atoms with E-state index in [0.717, 1.165) is 12.3 Å². The summed E-state index contributed by atoms with van der Waals surface area (Å²) < 4.78 is 0. The quantitative estimate of drug-likeness (QED) is 0.901. The second-order valence-corrected chi connectivity index (χ2v) is 6.32. The Balaban J connectivity index is 2.10. The maximum absolute atomic E-state index is 5.90. The average molecular weight is 260 g/mol. The van der Waals surface area contributed by atoms with Gasteiger partial charge in [-0.15, -0.1) is 0 Å². The molecule has 2 N–H and O–H groups in total. The molecule has 0 spiro atoms. The Bertz CT molecular complexity index is 412. The molecule has 1 aromatic carbocycles. The second kappa shape index (κ2) is 6.42. The van der Waals surface area contributed by atoms with Gasteiger partial charge in [-0.1, -0.05) is 13.0 Å². The lowest BCUT2D eigenvalue weighted by Gasteiger charge is -2.24. The smallest absolute Gasteiger partial charge is 0.0369 e. The van der Waals surface area contributed by atoms with Crippen LogP contribution in [0.1, 0.15) is 44.2 Å². The maximum Gasteiger partial charge on any atom is 0.0369 e. The highest BCUT2D eigenvalue weighted by Gasteiger charge is 2.14. The first-order valence-corrected chi connectivity index (χ1v) is 7.66. The summed E-state index contributed by atoms with van der Waals surface area (Å²) in [6.07, 6.45) is 4.99. The molecule has 0 saturated carbocycles. The van der Waals surface area contributed by atoms with Crippen molar-refractivity contribution in [2.75, 3.05) is 18.0 Å². The first-order valence-electron chi connectivity index (χ1n) is 7.66. The van der Waals surface area contributed by atoms with Gasteiger partial charge in [-0.25, -0.2) is 0 Å². The van der Waals surface area contributed by atoms with Crippen molar-refractivity contribution in [1.29, 1.82) is 0 Å². The zero-order valence-corrected chi connectivity index (χ0v) is 12.7. The first kappa shape index (κ1) is 14.4. The number of nitrogens with zero attached hydrogens (tertiary/aromatic N) is 1. The van der Waals surface area contributed by atoms with Gasteiger partial charge in [-0.3, -0.25) is 0 Å². The van der Waals surface area contributed by atoms with E-state index in [-0.39, 0.29) is 6.04 Å². The minimum absolute atomic E-state index is 0.239. The predicted molar refractivity (Wildman–Crippen MR) is 83.8 cm³/mol. The summed E-state index contributed by atoms with van der Waals surface area (Å²) in [4.78, 5) is 2.55. The fourth-order valence-corrected chi connectivity index (χ4v) is 2.97. The number of rotatable bonds is 3. The highest BCUT2D eigenvalue weighted by Crippen LogP contribution is 2.24. The second-order valence-electron chi connectivity index (χ2n) is 6.32. The molecule has 106 valence electrons. The van der Waals surface area contributed by atoms with E-state index in [1.54, 1.807) is 0 Å². The van der Waals surface area contributed by atoms with Crippen LogP contribution in [0.15, 0.2) is 18.2 Å². The standard InChI is InChI=1S/C17H28N2/c1-13-5-4-9-19(10-8-13)17-7-6-16(12-15(3)18)14(2)11-17/h6-7,11,13,15H,4-5,8-10,12,18H2,1-3H3. The minimum atomic E-state index is 0.239. The molecule has 1 aromatic rings. The molecule has 1 fully saturated rings. The average Bonchev–Trinajstić information content (AvgIpc) is 2.56. The van der Waals surface area contributed by atoms with Crippen LogP contribution in [0.4, 0.5) is 5.69 Å². The largest absolute Gasteiger partial charge is 0.372 e. The summed E-state index contributed by atoms with van der Waals surface area (Å²) in [5, 5.41) is 0. The maximum atomic E-state index is 5.90. The predicted octanol–water partition coefficient (Wildman–Crippen LogP) is 3.51. The Kier molecular flexibility index (Phi) is 4.87. The van der Waals surface area contributed by atoms with Crippen molar-refractivity contribution >= 4 is 5.69 Å². The van der Waals surface area contributed by atoms with E-state index in [1.807, 2.05) is 0 Å². The first-order chi connectivity index (χ1) is 9.06. The molecule has 1 heterocycles. The lowest BCUT2D eigenvalue weighted by atomic mass is 10.0. The van der Waals surface area contributed by atoms with E-state index in [9.17, 15) is 0 Å². The Labute approximate surface area is 118 Å². The number of hydrogen-bond donors (Lipinski definition) is 1. The van der Waals surface area contributed by atoms with Crippen LogP contribution in [0, 0.1) is 12.8 Å². The summed E-state index contributed by atoms with van der Waals surface area (Å²) in [6.45, 7) is 9.06.